The minimum Gasteiger partial charge on any atom is -0.408 e. The molecule has 3 rings (SSSR count). The molecule has 1 aliphatic carbocycles. The molecule has 2 aromatic carbocycles. The number of carbonyl (C=O) groups excluding carboxylic acids is 3. The first-order valence-electron chi connectivity index (χ1n) is 8.60. The molecule has 150 valence electrons. The predicted octanol–water partition coefficient (Wildman–Crippen LogP) is 2.08. The predicted molar refractivity (Wildman–Crippen MR) is 101 cm³/mol. The Bertz CT molecular complexity index is 1030. The van der Waals surface area contributed by atoms with Crippen LogP contribution in [0.2, 0.25) is 0 Å². The van der Waals surface area contributed by atoms with E-state index in [1.165, 1.54) is 19.2 Å². The van der Waals surface area contributed by atoms with Crippen molar-refractivity contribution in [3.8, 4) is 5.75 Å². The lowest BCUT2D eigenvalue weighted by Crippen LogP contribution is -2.29. The van der Waals surface area contributed by atoms with E-state index in [0.29, 0.717) is 13.0 Å². The number of nitrogens with one attached hydrogen (secondary N) is 1. The van der Waals surface area contributed by atoms with E-state index in [1.54, 1.807) is 12.1 Å². The van der Waals surface area contributed by atoms with E-state index in [4.69, 9.17) is 15.2 Å². The maximum absolute atomic E-state index is 12.9. The van der Waals surface area contributed by atoms with E-state index < -0.39 is 33.8 Å². The number of nitrogen functional groups attached to an aromatic ring is 1. The fourth-order valence-corrected chi connectivity index (χ4v) is 3.05. The standard InChI is InChI=1S/C19H17N3O7/c1-28-8-4-7-21-19(25)29-13-9-12(22(26)27)14-15(16(13)20)18(24)11-6-3-2-5-10(11)17(14)23/h2-3,5-6,9H,4,7-8,20H2,1H3,(H,21,25). The first-order valence-corrected chi connectivity index (χ1v) is 8.60. The Morgan fingerprint density at radius 2 is 1.79 bits per heavy atom. The minimum absolute atomic E-state index is 0.0528. The number of anilines is 1. The Kier molecular flexibility index (Phi) is 5.55. The smallest absolute Gasteiger partial charge is 0.408 e. The number of carbonyl (C=O) groups is 3. The van der Waals surface area contributed by atoms with Gasteiger partial charge in [0.05, 0.1) is 22.2 Å². The number of nitrogens with zero attached hydrogens (tertiary/aromatic N) is 1. The number of benzene rings is 2. The van der Waals surface area contributed by atoms with Crippen molar-refractivity contribution < 1.29 is 28.8 Å². The maximum Gasteiger partial charge on any atom is 0.412 e. The SMILES string of the molecule is COCCCNC(=O)Oc1cc([N+](=O)[O-])c2c(c1N)C(=O)c1ccccc1C2=O. The van der Waals surface area contributed by atoms with Crippen LogP contribution < -0.4 is 15.8 Å². The highest BCUT2D eigenvalue weighted by molar-refractivity contribution is 6.31. The van der Waals surface area contributed by atoms with E-state index in [9.17, 15) is 24.5 Å². The van der Waals surface area contributed by atoms with Gasteiger partial charge in [-0.15, -0.1) is 0 Å². The summed E-state index contributed by atoms with van der Waals surface area (Å²) in [5.41, 5.74) is 4.38. The molecule has 10 heteroatoms. The quantitative estimate of drug-likeness (QED) is 0.277. The number of nitro groups is 1. The van der Waals surface area contributed by atoms with Crippen molar-refractivity contribution >= 4 is 29.0 Å². The van der Waals surface area contributed by atoms with Crippen molar-refractivity contribution in [3.63, 3.8) is 0 Å². The number of rotatable bonds is 6. The molecule has 10 nitrogen and oxygen atoms in total. The molecule has 0 saturated carbocycles. The number of hydrogen-bond donors (Lipinski definition) is 2. The summed E-state index contributed by atoms with van der Waals surface area (Å²) in [5.74, 6) is -1.72. The van der Waals surface area contributed by atoms with E-state index in [-0.39, 0.29) is 34.7 Å². The molecule has 29 heavy (non-hydrogen) atoms. The Morgan fingerprint density at radius 1 is 1.17 bits per heavy atom. The van der Waals surface area contributed by atoms with Crippen LogP contribution in [0.15, 0.2) is 30.3 Å². The third-order valence-electron chi connectivity index (χ3n) is 4.37. The third kappa shape index (κ3) is 3.65. The van der Waals surface area contributed by atoms with Gasteiger partial charge in [-0.2, -0.15) is 0 Å². The molecule has 0 fully saturated rings. The van der Waals surface area contributed by atoms with Gasteiger partial charge in [-0.25, -0.2) is 4.79 Å². The highest BCUT2D eigenvalue weighted by atomic mass is 16.6. The van der Waals surface area contributed by atoms with Crippen LogP contribution in [-0.2, 0) is 4.74 Å². The van der Waals surface area contributed by atoms with Crippen LogP contribution in [0.1, 0.15) is 38.3 Å². The van der Waals surface area contributed by atoms with Gasteiger partial charge in [0, 0.05) is 31.4 Å². The summed E-state index contributed by atoms with van der Waals surface area (Å²) in [6.45, 7) is 0.660. The number of nitro benzene ring substituents is 1. The summed E-state index contributed by atoms with van der Waals surface area (Å²) >= 11 is 0. The molecule has 2 aromatic rings. The van der Waals surface area contributed by atoms with Gasteiger partial charge in [0.1, 0.15) is 5.56 Å². The van der Waals surface area contributed by atoms with Gasteiger partial charge in [0.15, 0.2) is 11.5 Å². The Balaban J connectivity index is 2.03. The summed E-state index contributed by atoms with van der Waals surface area (Å²) in [7, 11) is 1.52. The van der Waals surface area contributed by atoms with Crippen LogP contribution in [0.3, 0.4) is 0 Å². The molecule has 0 heterocycles. The van der Waals surface area contributed by atoms with Gasteiger partial charge in [0.25, 0.3) is 5.69 Å². The van der Waals surface area contributed by atoms with Crippen molar-refractivity contribution in [1.29, 1.82) is 0 Å². The van der Waals surface area contributed by atoms with E-state index in [2.05, 4.69) is 5.32 Å². The fourth-order valence-electron chi connectivity index (χ4n) is 3.05. The van der Waals surface area contributed by atoms with Gasteiger partial charge in [-0.05, 0) is 6.42 Å². The van der Waals surface area contributed by atoms with Crippen LogP contribution in [0.5, 0.6) is 5.75 Å². The second-order valence-corrected chi connectivity index (χ2v) is 6.18. The van der Waals surface area contributed by atoms with Crippen molar-refractivity contribution in [2.75, 3.05) is 26.0 Å². The van der Waals surface area contributed by atoms with Gasteiger partial charge in [-0.1, -0.05) is 24.3 Å². The lowest BCUT2D eigenvalue weighted by molar-refractivity contribution is -0.385. The van der Waals surface area contributed by atoms with Crippen molar-refractivity contribution in [3.05, 3.63) is 62.7 Å². The molecule has 1 amide bonds. The highest BCUT2D eigenvalue weighted by Crippen LogP contribution is 2.41. The van der Waals surface area contributed by atoms with Gasteiger partial charge in [-0.3, -0.25) is 19.7 Å². The zero-order valence-corrected chi connectivity index (χ0v) is 15.4. The van der Waals surface area contributed by atoms with E-state index in [0.717, 1.165) is 6.07 Å². The molecule has 0 spiro atoms. The summed E-state index contributed by atoms with van der Waals surface area (Å²) in [6.07, 6.45) is -0.383. The monoisotopic (exact) mass is 399 g/mol. The molecule has 0 atom stereocenters. The average molecular weight is 399 g/mol. The lowest BCUT2D eigenvalue weighted by Gasteiger charge is -2.20. The second-order valence-electron chi connectivity index (χ2n) is 6.18. The van der Waals surface area contributed by atoms with Crippen LogP contribution in [-0.4, -0.2) is 42.8 Å². The van der Waals surface area contributed by atoms with Crippen molar-refractivity contribution in [2.45, 2.75) is 6.42 Å². The molecule has 0 aromatic heterocycles. The highest BCUT2D eigenvalue weighted by Gasteiger charge is 2.39. The largest absolute Gasteiger partial charge is 0.412 e. The Hall–Kier alpha value is -3.79. The molecule has 1 aliphatic rings. The molecular weight excluding hydrogens is 382 g/mol. The fraction of sp³-hybridized carbons (Fsp3) is 0.211. The number of nitrogens with two attached hydrogens (primary N) is 1. The topological polar surface area (TPSA) is 151 Å². The number of hydrogen-bond acceptors (Lipinski definition) is 8. The van der Waals surface area contributed by atoms with Crippen molar-refractivity contribution in [2.24, 2.45) is 0 Å². The average Bonchev–Trinajstić information content (AvgIpc) is 2.70. The molecule has 0 aliphatic heterocycles. The molecule has 0 radical (unpaired) electrons. The zero-order chi connectivity index (χ0) is 21.1. The summed E-state index contributed by atoms with van der Waals surface area (Å²) in [6, 6.07) is 6.83. The summed E-state index contributed by atoms with van der Waals surface area (Å²) in [4.78, 5) is 48.4. The van der Waals surface area contributed by atoms with E-state index in [1.807, 2.05) is 0 Å². The van der Waals surface area contributed by atoms with Crippen LogP contribution in [0, 0.1) is 10.1 Å². The third-order valence-corrected chi connectivity index (χ3v) is 4.37. The minimum atomic E-state index is -0.906. The number of fused-ring (bicyclic) bond motifs is 2. The number of methoxy groups -OCH3 is 1. The summed E-state index contributed by atoms with van der Waals surface area (Å²) in [5, 5.41) is 14.0. The van der Waals surface area contributed by atoms with Gasteiger partial charge in [0.2, 0.25) is 5.78 Å². The number of ether oxygens (including phenoxy) is 2. The lowest BCUT2D eigenvalue weighted by atomic mass is 9.82. The van der Waals surface area contributed by atoms with Gasteiger partial charge >= 0.3 is 6.09 Å². The molecule has 0 bridgehead atoms. The number of ketones is 2. The molecular formula is C19H17N3O7. The number of amides is 1. The van der Waals surface area contributed by atoms with E-state index >= 15 is 0 Å². The van der Waals surface area contributed by atoms with Crippen LogP contribution in [0.25, 0.3) is 0 Å². The normalized spacial score (nSPS) is 12.2. The second kappa shape index (κ2) is 8.07. The first-order chi connectivity index (χ1) is 13.9. The van der Waals surface area contributed by atoms with Crippen LogP contribution >= 0.6 is 0 Å². The molecule has 0 unspecified atom stereocenters. The van der Waals surface area contributed by atoms with Crippen molar-refractivity contribution in [1.82, 2.24) is 5.32 Å². The maximum atomic E-state index is 12.9. The molecule has 0 saturated heterocycles. The Labute approximate surface area is 164 Å². The summed E-state index contributed by atoms with van der Waals surface area (Å²) < 4.78 is 9.93. The van der Waals surface area contributed by atoms with Crippen LogP contribution in [0.4, 0.5) is 16.2 Å². The molecule has 3 N–H and O–H groups in total. The zero-order valence-electron chi connectivity index (χ0n) is 15.4. The van der Waals surface area contributed by atoms with Gasteiger partial charge < -0.3 is 20.5 Å². The Morgan fingerprint density at radius 3 is 2.38 bits per heavy atom. The first kappa shape index (κ1) is 20.0.